The van der Waals surface area contributed by atoms with Gasteiger partial charge >= 0.3 is 0 Å². The van der Waals surface area contributed by atoms with Crippen LogP contribution in [-0.4, -0.2) is 6.04 Å². The average Bonchev–Trinajstić information content (AvgIpc) is 2.58. The number of unbranched alkanes of at least 4 members (excludes halogenated alkanes) is 5. The van der Waals surface area contributed by atoms with Crippen molar-refractivity contribution in [2.24, 2.45) is 11.7 Å². The monoisotopic (exact) mass is 197 g/mol. The predicted molar refractivity (Wildman–Crippen MR) is 63.3 cm³/mol. The van der Waals surface area contributed by atoms with E-state index in [0.29, 0.717) is 6.04 Å². The van der Waals surface area contributed by atoms with Crippen LogP contribution in [0.3, 0.4) is 0 Å². The molecule has 2 N–H and O–H groups in total. The molecule has 0 amide bonds. The molecule has 0 aromatic rings. The summed E-state index contributed by atoms with van der Waals surface area (Å²) in [5.41, 5.74) is 6.04. The molecule has 0 aliphatic heterocycles. The molecule has 0 bridgehead atoms. The molecule has 14 heavy (non-hydrogen) atoms. The van der Waals surface area contributed by atoms with Gasteiger partial charge in [0.15, 0.2) is 0 Å². The van der Waals surface area contributed by atoms with Crippen LogP contribution in [0.1, 0.15) is 71.1 Å². The van der Waals surface area contributed by atoms with Gasteiger partial charge in [0.1, 0.15) is 0 Å². The minimum Gasteiger partial charge on any atom is -0.327 e. The molecule has 0 unspecified atom stereocenters. The quantitative estimate of drug-likeness (QED) is 0.616. The van der Waals surface area contributed by atoms with Gasteiger partial charge in [-0.3, -0.25) is 0 Å². The molecule has 2 atom stereocenters. The molecule has 0 aromatic heterocycles. The molecule has 0 radical (unpaired) electrons. The van der Waals surface area contributed by atoms with Crippen LogP contribution in [0.5, 0.6) is 0 Å². The summed E-state index contributed by atoms with van der Waals surface area (Å²) in [6.45, 7) is 2.28. The van der Waals surface area contributed by atoms with Gasteiger partial charge in [0.05, 0.1) is 0 Å². The largest absolute Gasteiger partial charge is 0.327 e. The molecule has 1 fully saturated rings. The topological polar surface area (TPSA) is 26.0 Å². The lowest BCUT2D eigenvalue weighted by molar-refractivity contribution is 0.420. The van der Waals surface area contributed by atoms with Gasteiger partial charge in [-0.15, -0.1) is 0 Å². The Morgan fingerprint density at radius 3 is 2.36 bits per heavy atom. The molecular weight excluding hydrogens is 170 g/mol. The fourth-order valence-electron chi connectivity index (χ4n) is 2.61. The first-order valence-electron chi connectivity index (χ1n) is 6.60. The van der Waals surface area contributed by atoms with Crippen LogP contribution in [-0.2, 0) is 0 Å². The Hall–Kier alpha value is -0.0400. The summed E-state index contributed by atoms with van der Waals surface area (Å²) in [4.78, 5) is 0. The van der Waals surface area contributed by atoms with Crippen molar-refractivity contribution in [1.29, 1.82) is 0 Å². The molecule has 1 heteroatoms. The maximum atomic E-state index is 6.04. The van der Waals surface area contributed by atoms with Gasteiger partial charge in [0, 0.05) is 6.04 Å². The summed E-state index contributed by atoms with van der Waals surface area (Å²) in [6.07, 6.45) is 14.0. The van der Waals surface area contributed by atoms with E-state index in [4.69, 9.17) is 5.73 Å². The molecule has 84 valence electrons. The van der Waals surface area contributed by atoms with E-state index < -0.39 is 0 Å². The fourth-order valence-corrected chi connectivity index (χ4v) is 2.61. The van der Waals surface area contributed by atoms with E-state index in [1.165, 1.54) is 64.2 Å². The third-order valence-corrected chi connectivity index (χ3v) is 3.65. The summed E-state index contributed by atoms with van der Waals surface area (Å²) < 4.78 is 0. The highest BCUT2D eigenvalue weighted by atomic mass is 14.7. The van der Waals surface area contributed by atoms with Crippen molar-refractivity contribution in [3.05, 3.63) is 0 Å². The second kappa shape index (κ2) is 7.28. The predicted octanol–water partition coefficient (Wildman–Crippen LogP) is 3.86. The summed E-state index contributed by atoms with van der Waals surface area (Å²) in [7, 11) is 0. The maximum absolute atomic E-state index is 6.04. The van der Waals surface area contributed by atoms with Gasteiger partial charge in [-0.25, -0.2) is 0 Å². The molecule has 0 spiro atoms. The molecule has 1 rings (SSSR count). The summed E-state index contributed by atoms with van der Waals surface area (Å²) >= 11 is 0. The van der Waals surface area contributed by atoms with E-state index in [1.54, 1.807) is 0 Å². The molecule has 0 saturated heterocycles. The summed E-state index contributed by atoms with van der Waals surface area (Å²) in [6, 6.07) is 0.533. The van der Waals surface area contributed by atoms with Gasteiger partial charge in [-0.1, -0.05) is 51.9 Å². The average molecular weight is 197 g/mol. The zero-order valence-corrected chi connectivity index (χ0v) is 9.80. The zero-order chi connectivity index (χ0) is 10.2. The van der Waals surface area contributed by atoms with Crippen LogP contribution >= 0.6 is 0 Å². The Bertz CT molecular complexity index is 133. The molecule has 1 aliphatic carbocycles. The fraction of sp³-hybridized carbons (Fsp3) is 1.00. The highest BCUT2D eigenvalue weighted by Crippen LogP contribution is 2.28. The lowest BCUT2D eigenvalue weighted by Gasteiger charge is -2.14. The third kappa shape index (κ3) is 4.45. The van der Waals surface area contributed by atoms with Crippen molar-refractivity contribution in [3.63, 3.8) is 0 Å². The number of hydrogen-bond donors (Lipinski definition) is 1. The Kier molecular flexibility index (Phi) is 6.25. The Morgan fingerprint density at radius 2 is 1.71 bits per heavy atom. The highest BCUT2D eigenvalue weighted by Gasteiger charge is 2.22. The Labute approximate surface area is 89.5 Å². The minimum atomic E-state index is 0.533. The van der Waals surface area contributed by atoms with Crippen LogP contribution in [0.2, 0.25) is 0 Å². The van der Waals surface area contributed by atoms with Crippen LogP contribution in [0.25, 0.3) is 0 Å². The van der Waals surface area contributed by atoms with E-state index >= 15 is 0 Å². The lowest BCUT2D eigenvalue weighted by atomic mass is 9.96. The van der Waals surface area contributed by atoms with Crippen molar-refractivity contribution < 1.29 is 0 Å². The van der Waals surface area contributed by atoms with Crippen molar-refractivity contribution in [2.75, 3.05) is 0 Å². The molecule has 1 nitrogen and oxygen atoms in total. The minimum absolute atomic E-state index is 0.533. The highest BCUT2D eigenvalue weighted by molar-refractivity contribution is 4.79. The normalized spacial score (nSPS) is 27.0. The van der Waals surface area contributed by atoms with Gasteiger partial charge < -0.3 is 5.73 Å². The number of hydrogen-bond acceptors (Lipinski definition) is 1. The smallest absolute Gasteiger partial charge is 0.00671 e. The van der Waals surface area contributed by atoms with Crippen LogP contribution in [0.4, 0.5) is 0 Å². The Morgan fingerprint density at radius 1 is 1.00 bits per heavy atom. The van der Waals surface area contributed by atoms with Crippen molar-refractivity contribution in [2.45, 2.75) is 77.2 Å². The standard InChI is InChI=1S/C13H27N/c1-2-3-4-5-6-7-9-12-10-8-11-13(12)14/h12-13H,2-11,14H2,1H3/t12-,13+/m1/s1. The maximum Gasteiger partial charge on any atom is 0.00671 e. The summed E-state index contributed by atoms with van der Waals surface area (Å²) in [5, 5.41) is 0. The van der Waals surface area contributed by atoms with E-state index in [-0.39, 0.29) is 0 Å². The van der Waals surface area contributed by atoms with Crippen molar-refractivity contribution in [3.8, 4) is 0 Å². The second-order valence-electron chi connectivity index (χ2n) is 4.91. The van der Waals surface area contributed by atoms with Gasteiger partial charge in [-0.2, -0.15) is 0 Å². The molecular formula is C13H27N. The van der Waals surface area contributed by atoms with E-state index in [0.717, 1.165) is 5.92 Å². The van der Waals surface area contributed by atoms with Crippen molar-refractivity contribution >= 4 is 0 Å². The van der Waals surface area contributed by atoms with Crippen LogP contribution in [0, 0.1) is 5.92 Å². The van der Waals surface area contributed by atoms with Gasteiger partial charge in [0.25, 0.3) is 0 Å². The third-order valence-electron chi connectivity index (χ3n) is 3.65. The van der Waals surface area contributed by atoms with E-state index in [9.17, 15) is 0 Å². The first-order valence-corrected chi connectivity index (χ1v) is 6.60. The first-order chi connectivity index (χ1) is 6.84. The van der Waals surface area contributed by atoms with Gasteiger partial charge in [0.2, 0.25) is 0 Å². The first kappa shape index (κ1) is 12.0. The lowest BCUT2D eigenvalue weighted by Crippen LogP contribution is -2.24. The molecule has 0 aromatic carbocycles. The van der Waals surface area contributed by atoms with E-state index in [1.807, 2.05) is 0 Å². The van der Waals surface area contributed by atoms with E-state index in [2.05, 4.69) is 6.92 Å². The Balaban J connectivity index is 1.88. The second-order valence-corrected chi connectivity index (χ2v) is 4.91. The SMILES string of the molecule is CCCCCCCC[C@@H]1CCC[C@@H]1N. The van der Waals surface area contributed by atoms with Crippen molar-refractivity contribution in [1.82, 2.24) is 0 Å². The van der Waals surface area contributed by atoms with Gasteiger partial charge in [-0.05, 0) is 25.2 Å². The number of rotatable bonds is 7. The molecule has 0 heterocycles. The zero-order valence-electron chi connectivity index (χ0n) is 9.80. The van der Waals surface area contributed by atoms with Crippen LogP contribution in [0.15, 0.2) is 0 Å². The number of nitrogens with two attached hydrogens (primary N) is 1. The van der Waals surface area contributed by atoms with Crippen LogP contribution < -0.4 is 5.73 Å². The summed E-state index contributed by atoms with van der Waals surface area (Å²) in [5.74, 6) is 0.862. The molecule has 1 aliphatic rings. The molecule has 1 saturated carbocycles.